The van der Waals surface area contributed by atoms with E-state index in [-0.39, 0.29) is 6.04 Å². The summed E-state index contributed by atoms with van der Waals surface area (Å²) in [6.45, 7) is 0. The molecule has 0 amide bonds. The van der Waals surface area contributed by atoms with Crippen molar-refractivity contribution in [3.8, 4) is 11.1 Å². The number of nitrogens with zero attached hydrogens (tertiary/aromatic N) is 4. The van der Waals surface area contributed by atoms with Gasteiger partial charge in [-0.05, 0) is 39.3 Å². The van der Waals surface area contributed by atoms with Gasteiger partial charge in [-0.1, -0.05) is 95.0 Å². The van der Waals surface area contributed by atoms with Crippen molar-refractivity contribution in [3.05, 3.63) is 100 Å². The first kappa shape index (κ1) is 17.9. The summed E-state index contributed by atoms with van der Waals surface area (Å²) < 4.78 is 1.69. The zero-order valence-corrected chi connectivity index (χ0v) is 16.6. The second kappa shape index (κ2) is 7.35. The predicted molar refractivity (Wildman–Crippen MR) is 116 cm³/mol. The Balaban J connectivity index is 1.55. The largest absolute Gasteiger partial charge is 0.323 e. The first-order valence-corrected chi connectivity index (χ1v) is 9.83. The first-order chi connectivity index (χ1) is 14.2. The third kappa shape index (κ3) is 3.28. The molecule has 1 aliphatic rings. The normalized spacial score (nSPS) is 15.4. The summed E-state index contributed by atoms with van der Waals surface area (Å²) in [5, 5.41) is 16.3. The SMILES string of the molecule is Clc1cccc([C@@H]2C=C(c3ccc(-c4ccccc4)cc3)Nc3nnnn32)c1Cl. The van der Waals surface area contributed by atoms with Crippen molar-refractivity contribution in [1.82, 2.24) is 20.2 Å². The quantitative estimate of drug-likeness (QED) is 0.462. The minimum atomic E-state index is -0.267. The van der Waals surface area contributed by atoms with E-state index in [1.807, 2.05) is 30.3 Å². The third-order valence-electron chi connectivity index (χ3n) is 4.93. The highest BCUT2D eigenvalue weighted by atomic mass is 35.5. The molecule has 2 heterocycles. The molecule has 1 aromatic heterocycles. The summed E-state index contributed by atoms with van der Waals surface area (Å²) in [5.74, 6) is 0.552. The Labute approximate surface area is 177 Å². The van der Waals surface area contributed by atoms with Gasteiger partial charge in [0, 0.05) is 11.3 Å². The van der Waals surface area contributed by atoms with Gasteiger partial charge in [0.2, 0.25) is 5.95 Å². The van der Waals surface area contributed by atoms with Crippen molar-refractivity contribution in [2.24, 2.45) is 0 Å². The third-order valence-corrected chi connectivity index (χ3v) is 5.76. The Morgan fingerprint density at radius 1 is 0.793 bits per heavy atom. The van der Waals surface area contributed by atoms with Gasteiger partial charge in [0.25, 0.3) is 0 Å². The molecule has 0 unspecified atom stereocenters. The molecule has 4 aromatic rings. The van der Waals surface area contributed by atoms with Gasteiger partial charge in [0.1, 0.15) is 6.04 Å². The second-order valence-corrected chi connectivity index (χ2v) is 7.47. The lowest BCUT2D eigenvalue weighted by Crippen LogP contribution is -2.20. The Kier molecular flexibility index (Phi) is 4.54. The highest BCUT2D eigenvalue weighted by molar-refractivity contribution is 6.42. The van der Waals surface area contributed by atoms with E-state index in [9.17, 15) is 0 Å². The number of hydrogen-bond donors (Lipinski definition) is 1. The lowest BCUT2D eigenvalue weighted by Gasteiger charge is -2.24. The molecule has 1 aliphatic heterocycles. The topological polar surface area (TPSA) is 55.6 Å². The molecule has 0 spiro atoms. The minimum absolute atomic E-state index is 0.267. The Morgan fingerprint density at radius 3 is 2.31 bits per heavy atom. The van der Waals surface area contributed by atoms with Gasteiger partial charge < -0.3 is 5.32 Å². The van der Waals surface area contributed by atoms with Crippen LogP contribution in [0.15, 0.2) is 78.9 Å². The summed E-state index contributed by atoms with van der Waals surface area (Å²) in [7, 11) is 0. The van der Waals surface area contributed by atoms with E-state index in [0.29, 0.717) is 16.0 Å². The molecule has 0 radical (unpaired) electrons. The first-order valence-electron chi connectivity index (χ1n) is 9.07. The maximum Gasteiger partial charge on any atom is 0.248 e. The molecule has 0 saturated carbocycles. The number of anilines is 1. The van der Waals surface area contributed by atoms with Crippen LogP contribution in [0.5, 0.6) is 0 Å². The smallest absolute Gasteiger partial charge is 0.248 e. The van der Waals surface area contributed by atoms with Crippen LogP contribution in [0.3, 0.4) is 0 Å². The zero-order valence-electron chi connectivity index (χ0n) is 15.1. The van der Waals surface area contributed by atoms with Gasteiger partial charge >= 0.3 is 0 Å². The van der Waals surface area contributed by atoms with Crippen molar-refractivity contribution < 1.29 is 0 Å². The molecule has 0 saturated heterocycles. The number of halogens is 2. The van der Waals surface area contributed by atoms with E-state index >= 15 is 0 Å². The highest BCUT2D eigenvalue weighted by Crippen LogP contribution is 2.37. The monoisotopic (exact) mass is 419 g/mol. The van der Waals surface area contributed by atoms with Gasteiger partial charge in [0.05, 0.1) is 10.0 Å². The molecule has 5 nitrogen and oxygen atoms in total. The standard InChI is InChI=1S/C22H15Cl2N5/c23-18-8-4-7-17(21(18)24)20-13-19(25-22-26-27-28-29(20)22)16-11-9-15(10-12-16)14-5-2-1-3-6-14/h1-13,20H,(H,25,26,28)/t20-/m0/s1. The molecule has 0 aliphatic carbocycles. The van der Waals surface area contributed by atoms with Crippen LogP contribution in [0, 0.1) is 0 Å². The fraction of sp³-hybridized carbons (Fsp3) is 0.0455. The van der Waals surface area contributed by atoms with E-state index in [1.165, 1.54) is 5.56 Å². The number of benzene rings is 3. The summed E-state index contributed by atoms with van der Waals surface area (Å²) in [4.78, 5) is 0. The minimum Gasteiger partial charge on any atom is -0.323 e. The maximum absolute atomic E-state index is 6.48. The van der Waals surface area contributed by atoms with Gasteiger partial charge in [0.15, 0.2) is 0 Å². The number of allylic oxidation sites excluding steroid dienone is 1. The molecule has 0 bridgehead atoms. The Bertz CT molecular complexity index is 1200. The van der Waals surface area contributed by atoms with Gasteiger partial charge in [-0.15, -0.1) is 0 Å². The van der Waals surface area contributed by atoms with Crippen LogP contribution in [0.1, 0.15) is 17.2 Å². The summed E-state index contributed by atoms with van der Waals surface area (Å²) in [6.07, 6.45) is 2.05. The zero-order chi connectivity index (χ0) is 19.8. The molecule has 142 valence electrons. The van der Waals surface area contributed by atoms with Crippen molar-refractivity contribution in [2.75, 3.05) is 5.32 Å². The van der Waals surface area contributed by atoms with E-state index < -0.39 is 0 Å². The number of hydrogen-bond acceptors (Lipinski definition) is 4. The number of aromatic nitrogens is 4. The summed E-state index contributed by atoms with van der Waals surface area (Å²) >= 11 is 12.7. The van der Waals surface area contributed by atoms with Crippen molar-refractivity contribution in [3.63, 3.8) is 0 Å². The predicted octanol–water partition coefficient (Wildman–Crippen LogP) is 5.70. The van der Waals surface area contributed by atoms with E-state index in [0.717, 1.165) is 22.4 Å². The lowest BCUT2D eigenvalue weighted by atomic mass is 9.99. The van der Waals surface area contributed by atoms with Crippen LogP contribution in [-0.4, -0.2) is 20.2 Å². The van der Waals surface area contributed by atoms with Crippen molar-refractivity contribution in [2.45, 2.75) is 6.04 Å². The van der Waals surface area contributed by atoms with Crippen LogP contribution in [0.25, 0.3) is 16.8 Å². The second-order valence-electron chi connectivity index (χ2n) is 6.68. The van der Waals surface area contributed by atoms with Crippen LogP contribution in [-0.2, 0) is 0 Å². The van der Waals surface area contributed by atoms with E-state index in [1.54, 1.807) is 10.7 Å². The molecule has 7 heteroatoms. The number of rotatable bonds is 3. The maximum atomic E-state index is 6.48. The van der Waals surface area contributed by atoms with Gasteiger partial charge in [-0.2, -0.15) is 4.68 Å². The molecule has 29 heavy (non-hydrogen) atoms. The summed E-state index contributed by atoms with van der Waals surface area (Å²) in [5.41, 5.74) is 5.12. The number of fused-ring (bicyclic) bond motifs is 1. The molecule has 3 aromatic carbocycles. The van der Waals surface area contributed by atoms with E-state index in [2.05, 4.69) is 63.3 Å². The average Bonchev–Trinajstić information content (AvgIpc) is 3.25. The molecule has 0 fully saturated rings. The average molecular weight is 420 g/mol. The Hall–Kier alpha value is -3.15. The van der Waals surface area contributed by atoms with Crippen LogP contribution in [0.4, 0.5) is 5.95 Å². The van der Waals surface area contributed by atoms with Crippen molar-refractivity contribution >= 4 is 34.8 Å². The van der Waals surface area contributed by atoms with Crippen LogP contribution < -0.4 is 5.32 Å². The van der Waals surface area contributed by atoms with Gasteiger partial charge in [-0.25, -0.2) is 0 Å². The van der Waals surface area contributed by atoms with E-state index in [4.69, 9.17) is 23.2 Å². The molecule has 5 rings (SSSR count). The molecule has 1 N–H and O–H groups in total. The van der Waals surface area contributed by atoms with Crippen molar-refractivity contribution in [1.29, 1.82) is 0 Å². The molecular weight excluding hydrogens is 405 g/mol. The Morgan fingerprint density at radius 2 is 1.52 bits per heavy atom. The fourth-order valence-corrected chi connectivity index (χ4v) is 3.89. The van der Waals surface area contributed by atoms with Crippen LogP contribution in [0.2, 0.25) is 10.0 Å². The van der Waals surface area contributed by atoms with Crippen LogP contribution >= 0.6 is 23.2 Å². The number of nitrogens with one attached hydrogen (secondary N) is 1. The highest BCUT2D eigenvalue weighted by Gasteiger charge is 2.26. The molecular formula is C22H15Cl2N5. The lowest BCUT2D eigenvalue weighted by molar-refractivity contribution is 0.586. The van der Waals surface area contributed by atoms with Gasteiger partial charge in [-0.3, -0.25) is 0 Å². The molecule has 1 atom stereocenters. The number of tetrazole rings is 1. The fourth-order valence-electron chi connectivity index (χ4n) is 3.47. The summed E-state index contributed by atoms with van der Waals surface area (Å²) in [6, 6.07) is 23.9.